The van der Waals surface area contributed by atoms with Gasteiger partial charge in [0.2, 0.25) is 6.79 Å². The van der Waals surface area contributed by atoms with Crippen LogP contribution in [0.15, 0.2) is 24.8 Å². The molecule has 22 heavy (non-hydrogen) atoms. The highest BCUT2D eigenvalue weighted by atomic mass is 35.5. The first-order valence-electron chi connectivity index (χ1n) is 7.44. The zero-order valence-electron chi connectivity index (χ0n) is 12.1. The Morgan fingerprint density at radius 3 is 3.14 bits per heavy atom. The third-order valence-corrected chi connectivity index (χ3v) is 4.52. The van der Waals surface area contributed by atoms with Crippen molar-refractivity contribution < 1.29 is 9.47 Å². The van der Waals surface area contributed by atoms with E-state index in [2.05, 4.69) is 15.0 Å². The van der Waals surface area contributed by atoms with Gasteiger partial charge in [-0.05, 0) is 37.1 Å². The van der Waals surface area contributed by atoms with E-state index in [1.165, 1.54) is 12.8 Å². The molecular weight excluding hydrogens is 304 g/mol. The summed E-state index contributed by atoms with van der Waals surface area (Å²) in [6.07, 6.45) is 5.74. The maximum atomic E-state index is 6.27. The van der Waals surface area contributed by atoms with Gasteiger partial charge in [-0.15, -0.1) is 0 Å². The molecule has 6 nitrogen and oxygen atoms in total. The molecule has 2 aliphatic rings. The molecule has 0 saturated carbocycles. The Morgan fingerprint density at radius 2 is 2.27 bits per heavy atom. The fraction of sp³-hybridized carbons (Fsp3) is 0.467. The van der Waals surface area contributed by atoms with Gasteiger partial charge >= 0.3 is 0 Å². The van der Waals surface area contributed by atoms with Gasteiger partial charge in [-0.1, -0.05) is 11.6 Å². The van der Waals surface area contributed by atoms with Crippen molar-refractivity contribution in [3.05, 3.63) is 35.4 Å². The van der Waals surface area contributed by atoms with Crippen LogP contribution in [0, 0.1) is 0 Å². The number of likely N-dealkylation sites (tertiary alicyclic amines) is 1. The second kappa shape index (κ2) is 5.78. The largest absolute Gasteiger partial charge is 0.454 e. The molecular formula is C15H17ClN4O2. The topological polar surface area (TPSA) is 52.4 Å². The zero-order chi connectivity index (χ0) is 14.9. The van der Waals surface area contributed by atoms with E-state index < -0.39 is 0 Å². The van der Waals surface area contributed by atoms with E-state index in [0.717, 1.165) is 30.9 Å². The summed E-state index contributed by atoms with van der Waals surface area (Å²) in [7, 11) is 0. The lowest BCUT2D eigenvalue weighted by molar-refractivity contribution is 0.174. The smallest absolute Gasteiger partial charge is 0.231 e. The number of halogens is 1. The van der Waals surface area contributed by atoms with E-state index >= 15 is 0 Å². The highest BCUT2D eigenvalue weighted by molar-refractivity contribution is 6.32. The molecule has 2 aromatic rings. The average molecular weight is 321 g/mol. The van der Waals surface area contributed by atoms with Crippen LogP contribution >= 0.6 is 11.6 Å². The summed E-state index contributed by atoms with van der Waals surface area (Å²) < 4.78 is 12.7. The Kier molecular flexibility index (Phi) is 3.63. The highest BCUT2D eigenvalue weighted by Crippen LogP contribution is 2.40. The summed E-state index contributed by atoms with van der Waals surface area (Å²) in [5, 5.41) is 4.83. The molecule has 116 valence electrons. The summed E-state index contributed by atoms with van der Waals surface area (Å²) in [5.41, 5.74) is 1.15. The predicted octanol–water partition coefficient (Wildman–Crippen LogP) is 2.32. The normalized spacial score (nSPS) is 20.7. The summed E-state index contributed by atoms with van der Waals surface area (Å²) in [6.45, 7) is 3.07. The van der Waals surface area contributed by atoms with Crippen molar-refractivity contribution in [2.45, 2.75) is 32.0 Å². The molecule has 1 atom stereocenters. The van der Waals surface area contributed by atoms with Crippen molar-refractivity contribution in [2.75, 3.05) is 13.3 Å². The molecule has 4 rings (SSSR count). The molecule has 0 unspecified atom stereocenters. The van der Waals surface area contributed by atoms with Gasteiger partial charge in [0.1, 0.15) is 12.7 Å². The first-order chi connectivity index (χ1) is 10.8. The number of benzene rings is 1. The van der Waals surface area contributed by atoms with Crippen LogP contribution in [0.4, 0.5) is 0 Å². The fourth-order valence-corrected chi connectivity index (χ4v) is 3.49. The molecule has 0 amide bonds. The summed E-state index contributed by atoms with van der Waals surface area (Å²) in [4.78, 5) is 6.48. The molecule has 0 bridgehead atoms. The number of fused-ring (bicyclic) bond motifs is 1. The van der Waals surface area contributed by atoms with E-state index in [9.17, 15) is 0 Å². The van der Waals surface area contributed by atoms with E-state index in [-0.39, 0.29) is 6.79 Å². The lowest BCUT2D eigenvalue weighted by Gasteiger charge is -2.24. The van der Waals surface area contributed by atoms with E-state index in [1.807, 2.05) is 16.8 Å². The minimum atomic E-state index is 0.247. The first kappa shape index (κ1) is 13.8. The lowest BCUT2D eigenvalue weighted by atomic mass is 10.1. The second-order valence-corrected chi connectivity index (χ2v) is 6.10. The second-order valence-electron chi connectivity index (χ2n) is 5.70. The Hall–Kier alpha value is -1.79. The third kappa shape index (κ3) is 2.64. The van der Waals surface area contributed by atoms with Gasteiger partial charge in [0, 0.05) is 12.6 Å². The van der Waals surface area contributed by atoms with Crippen LogP contribution in [0.2, 0.25) is 5.02 Å². The van der Waals surface area contributed by atoms with Crippen molar-refractivity contribution in [3.63, 3.8) is 0 Å². The van der Waals surface area contributed by atoms with Crippen molar-refractivity contribution >= 4 is 11.6 Å². The number of ether oxygens (including phenoxy) is 2. The molecule has 1 fully saturated rings. The van der Waals surface area contributed by atoms with Gasteiger partial charge in [0.25, 0.3) is 0 Å². The molecule has 1 aromatic carbocycles. The van der Waals surface area contributed by atoms with Crippen LogP contribution < -0.4 is 9.47 Å². The molecule has 2 aliphatic heterocycles. The van der Waals surface area contributed by atoms with Crippen molar-refractivity contribution in [2.24, 2.45) is 0 Å². The molecule has 7 heteroatoms. The number of hydrogen-bond donors (Lipinski definition) is 0. The molecule has 0 radical (unpaired) electrons. The maximum absolute atomic E-state index is 6.27. The van der Waals surface area contributed by atoms with Crippen molar-refractivity contribution in [1.29, 1.82) is 0 Å². The summed E-state index contributed by atoms with van der Waals surface area (Å²) >= 11 is 6.27. The molecule has 1 saturated heterocycles. The van der Waals surface area contributed by atoms with Crippen LogP contribution in [-0.2, 0) is 13.1 Å². The summed E-state index contributed by atoms with van der Waals surface area (Å²) in [5.74, 6) is 1.40. The van der Waals surface area contributed by atoms with Gasteiger partial charge in [-0.25, -0.2) is 4.98 Å². The van der Waals surface area contributed by atoms with Gasteiger partial charge in [-0.2, -0.15) is 5.10 Å². The van der Waals surface area contributed by atoms with Gasteiger partial charge in [0.05, 0.1) is 11.6 Å². The number of nitrogens with zero attached hydrogens (tertiary/aromatic N) is 4. The van der Waals surface area contributed by atoms with Crippen LogP contribution in [0.25, 0.3) is 0 Å². The van der Waals surface area contributed by atoms with E-state index in [1.54, 1.807) is 12.7 Å². The molecule has 1 aromatic heterocycles. The van der Waals surface area contributed by atoms with Crippen LogP contribution in [0.1, 0.15) is 18.4 Å². The monoisotopic (exact) mass is 320 g/mol. The zero-order valence-corrected chi connectivity index (χ0v) is 12.9. The van der Waals surface area contributed by atoms with Crippen molar-refractivity contribution in [3.8, 4) is 11.5 Å². The quantitative estimate of drug-likeness (QED) is 0.865. The average Bonchev–Trinajstić information content (AvgIpc) is 3.22. The van der Waals surface area contributed by atoms with Crippen molar-refractivity contribution in [1.82, 2.24) is 19.7 Å². The Labute approximate surface area is 133 Å². The van der Waals surface area contributed by atoms with Gasteiger partial charge in [-0.3, -0.25) is 9.58 Å². The lowest BCUT2D eigenvalue weighted by Crippen LogP contribution is -2.32. The van der Waals surface area contributed by atoms with Crippen LogP contribution in [-0.4, -0.2) is 39.0 Å². The van der Waals surface area contributed by atoms with Gasteiger partial charge in [0.15, 0.2) is 11.5 Å². The Morgan fingerprint density at radius 1 is 1.32 bits per heavy atom. The highest BCUT2D eigenvalue weighted by Gasteiger charge is 2.26. The Balaban J connectivity index is 1.49. The standard InChI is InChI=1S/C15H17ClN4O2/c16-13-4-11(5-14-15(13)22-10-21-14)6-19-3-1-2-12(19)7-20-9-17-8-18-20/h4-5,8-9,12H,1-3,6-7,10H2/t12-/m0/s1. The van der Waals surface area contributed by atoms with E-state index in [0.29, 0.717) is 16.8 Å². The number of aromatic nitrogens is 3. The third-order valence-electron chi connectivity index (χ3n) is 4.24. The minimum absolute atomic E-state index is 0.247. The summed E-state index contributed by atoms with van der Waals surface area (Å²) in [6, 6.07) is 4.48. The molecule has 0 spiro atoms. The van der Waals surface area contributed by atoms with E-state index in [4.69, 9.17) is 21.1 Å². The van der Waals surface area contributed by atoms with Gasteiger partial charge < -0.3 is 9.47 Å². The molecule has 0 aliphatic carbocycles. The Bertz CT molecular complexity index is 662. The van der Waals surface area contributed by atoms with Crippen LogP contribution in [0.5, 0.6) is 11.5 Å². The number of rotatable bonds is 4. The SMILES string of the molecule is Clc1cc(CN2CCC[C@H]2Cn2cncn2)cc2c1OCO2. The molecule has 0 N–H and O–H groups in total. The van der Waals surface area contributed by atoms with Crippen LogP contribution in [0.3, 0.4) is 0 Å². The fourth-order valence-electron chi connectivity index (χ4n) is 3.20. The molecule has 3 heterocycles. The minimum Gasteiger partial charge on any atom is -0.454 e. The first-order valence-corrected chi connectivity index (χ1v) is 7.82. The predicted molar refractivity (Wildman–Crippen MR) is 81.0 cm³/mol. The maximum Gasteiger partial charge on any atom is 0.231 e. The number of hydrogen-bond acceptors (Lipinski definition) is 5.